The molecule has 1 amide bonds. The summed E-state index contributed by atoms with van der Waals surface area (Å²) in [6.07, 6.45) is 0.747. The van der Waals surface area contributed by atoms with Crippen molar-refractivity contribution >= 4 is 31.7 Å². The second kappa shape index (κ2) is 7.01. The van der Waals surface area contributed by atoms with Crippen LogP contribution in [0.5, 0.6) is 5.75 Å². The van der Waals surface area contributed by atoms with Crippen molar-refractivity contribution in [3.63, 3.8) is 0 Å². The normalized spacial score (nSPS) is 24.1. The fourth-order valence-electron chi connectivity index (χ4n) is 3.50. The van der Waals surface area contributed by atoms with Gasteiger partial charge in [0, 0.05) is 12.0 Å². The van der Waals surface area contributed by atoms with Gasteiger partial charge in [-0.3, -0.25) is 4.79 Å². The zero-order valence-electron chi connectivity index (χ0n) is 13.6. The molecule has 6 nitrogen and oxygen atoms in total. The summed E-state index contributed by atoms with van der Waals surface area (Å²) in [5.41, 5.74) is 0.634. The largest absolute Gasteiger partial charge is 0.496 e. The van der Waals surface area contributed by atoms with E-state index in [4.69, 9.17) is 4.74 Å². The van der Waals surface area contributed by atoms with E-state index < -0.39 is 9.84 Å². The van der Waals surface area contributed by atoms with Gasteiger partial charge in [-0.25, -0.2) is 8.42 Å². The van der Waals surface area contributed by atoms with Gasteiger partial charge in [0.2, 0.25) is 0 Å². The van der Waals surface area contributed by atoms with Gasteiger partial charge in [0.05, 0.1) is 43.5 Å². The Hall–Kier alpha value is -1.12. The molecule has 0 aromatic heterocycles. The van der Waals surface area contributed by atoms with Gasteiger partial charge in [0.25, 0.3) is 5.91 Å². The quantitative estimate of drug-likeness (QED) is 0.750. The number of ether oxygens (including phenoxy) is 1. The maximum atomic E-state index is 12.6. The number of carbonyl (C=O) groups excluding carboxylic acids is 1. The molecule has 1 atom stereocenters. The minimum Gasteiger partial charge on any atom is -0.496 e. The predicted octanol–water partition coefficient (Wildman–Crippen LogP) is -0.0145. The van der Waals surface area contributed by atoms with Gasteiger partial charge in [-0.1, -0.05) is 0 Å². The van der Waals surface area contributed by atoms with E-state index in [1.807, 2.05) is 4.90 Å². The van der Waals surface area contributed by atoms with Crippen molar-refractivity contribution < 1.29 is 22.8 Å². The SMILES string of the molecule is COc1ccc(C(=O)N2CC[NH+]([C@@H]3CCS(=O)(=O)C3)CC2)cc1Br. The van der Waals surface area contributed by atoms with Crippen LogP contribution in [0.15, 0.2) is 22.7 Å². The third-order valence-electron chi connectivity index (χ3n) is 4.90. The molecule has 2 fully saturated rings. The molecule has 1 N–H and O–H groups in total. The van der Waals surface area contributed by atoms with Gasteiger partial charge in [-0.05, 0) is 34.1 Å². The number of carbonyl (C=O) groups is 1. The van der Waals surface area contributed by atoms with E-state index >= 15 is 0 Å². The van der Waals surface area contributed by atoms with Crippen molar-refractivity contribution in [3.05, 3.63) is 28.2 Å². The summed E-state index contributed by atoms with van der Waals surface area (Å²) in [6.45, 7) is 2.94. The summed E-state index contributed by atoms with van der Waals surface area (Å²) in [5, 5.41) is 0. The van der Waals surface area contributed by atoms with E-state index in [0.29, 0.717) is 35.9 Å². The number of benzene rings is 1. The van der Waals surface area contributed by atoms with E-state index in [0.717, 1.165) is 24.0 Å². The van der Waals surface area contributed by atoms with E-state index in [-0.39, 0.29) is 11.9 Å². The van der Waals surface area contributed by atoms with Crippen LogP contribution >= 0.6 is 15.9 Å². The van der Waals surface area contributed by atoms with Crippen LogP contribution in [0.25, 0.3) is 0 Å². The number of piperazine rings is 1. The number of amides is 1. The number of rotatable bonds is 3. The Morgan fingerprint density at radius 2 is 2.04 bits per heavy atom. The van der Waals surface area contributed by atoms with Crippen LogP contribution in [0.2, 0.25) is 0 Å². The highest BCUT2D eigenvalue weighted by Gasteiger charge is 2.37. The molecular weight excluding hydrogens is 396 g/mol. The lowest BCUT2D eigenvalue weighted by Crippen LogP contribution is -3.18. The smallest absolute Gasteiger partial charge is 0.254 e. The second-order valence-electron chi connectivity index (χ2n) is 6.40. The van der Waals surface area contributed by atoms with Crippen molar-refractivity contribution in [3.8, 4) is 5.75 Å². The topological polar surface area (TPSA) is 68.1 Å². The van der Waals surface area contributed by atoms with Gasteiger partial charge >= 0.3 is 0 Å². The number of halogens is 1. The summed E-state index contributed by atoms with van der Waals surface area (Å²) >= 11 is 3.41. The van der Waals surface area contributed by atoms with Crippen LogP contribution in [0, 0.1) is 0 Å². The highest BCUT2D eigenvalue weighted by atomic mass is 79.9. The molecule has 0 saturated carbocycles. The molecule has 0 bridgehead atoms. The third kappa shape index (κ3) is 3.75. The molecule has 0 spiro atoms. The van der Waals surface area contributed by atoms with Gasteiger partial charge in [0.15, 0.2) is 9.84 Å². The number of sulfone groups is 1. The number of hydrogen-bond acceptors (Lipinski definition) is 4. The van der Waals surface area contributed by atoms with Crippen molar-refractivity contribution in [1.29, 1.82) is 0 Å². The molecular formula is C16H22BrN2O4S+. The van der Waals surface area contributed by atoms with Crippen LogP contribution in [0.3, 0.4) is 0 Å². The van der Waals surface area contributed by atoms with Crippen LogP contribution < -0.4 is 9.64 Å². The molecule has 0 radical (unpaired) electrons. The van der Waals surface area contributed by atoms with Crippen LogP contribution in [-0.4, -0.2) is 70.1 Å². The Labute approximate surface area is 150 Å². The zero-order valence-corrected chi connectivity index (χ0v) is 16.0. The van der Waals surface area contributed by atoms with E-state index in [1.165, 1.54) is 4.90 Å². The van der Waals surface area contributed by atoms with Crippen LogP contribution in [0.1, 0.15) is 16.8 Å². The Balaban J connectivity index is 1.60. The first-order chi connectivity index (χ1) is 11.4. The molecule has 3 rings (SSSR count). The van der Waals surface area contributed by atoms with Crippen molar-refractivity contribution in [1.82, 2.24) is 4.90 Å². The molecule has 2 saturated heterocycles. The van der Waals surface area contributed by atoms with Crippen molar-refractivity contribution in [2.75, 3.05) is 44.8 Å². The number of methoxy groups -OCH3 is 1. The van der Waals surface area contributed by atoms with E-state index in [2.05, 4.69) is 15.9 Å². The molecule has 24 heavy (non-hydrogen) atoms. The first-order valence-corrected chi connectivity index (χ1v) is 10.7. The lowest BCUT2D eigenvalue weighted by atomic mass is 10.1. The number of nitrogens with one attached hydrogen (secondary N) is 1. The van der Waals surface area contributed by atoms with E-state index in [9.17, 15) is 13.2 Å². The second-order valence-corrected chi connectivity index (χ2v) is 9.48. The molecule has 2 aliphatic rings. The molecule has 2 heterocycles. The van der Waals surface area contributed by atoms with Gasteiger partial charge < -0.3 is 14.5 Å². The molecule has 0 aliphatic carbocycles. The lowest BCUT2D eigenvalue weighted by Gasteiger charge is -2.35. The molecule has 0 unspecified atom stereocenters. The summed E-state index contributed by atoms with van der Waals surface area (Å²) in [4.78, 5) is 15.8. The average molecular weight is 418 g/mol. The lowest BCUT2D eigenvalue weighted by molar-refractivity contribution is -0.925. The maximum absolute atomic E-state index is 12.6. The van der Waals surface area contributed by atoms with E-state index in [1.54, 1.807) is 25.3 Å². The molecule has 1 aromatic rings. The molecule has 132 valence electrons. The predicted molar refractivity (Wildman–Crippen MR) is 94.4 cm³/mol. The molecule has 1 aromatic carbocycles. The molecule has 8 heteroatoms. The molecule has 2 aliphatic heterocycles. The highest BCUT2D eigenvalue weighted by Crippen LogP contribution is 2.26. The average Bonchev–Trinajstić information content (AvgIpc) is 2.94. The van der Waals surface area contributed by atoms with Crippen LogP contribution in [0.4, 0.5) is 0 Å². The zero-order chi connectivity index (χ0) is 17.3. The summed E-state index contributed by atoms with van der Waals surface area (Å²) in [6, 6.07) is 5.53. The van der Waals surface area contributed by atoms with Crippen molar-refractivity contribution in [2.45, 2.75) is 12.5 Å². The fraction of sp³-hybridized carbons (Fsp3) is 0.562. The minimum atomic E-state index is -2.85. The maximum Gasteiger partial charge on any atom is 0.254 e. The van der Waals surface area contributed by atoms with Gasteiger partial charge in [-0.2, -0.15) is 0 Å². The number of quaternary nitrogens is 1. The Morgan fingerprint density at radius 3 is 2.58 bits per heavy atom. The number of hydrogen-bond donors (Lipinski definition) is 1. The fourth-order valence-corrected chi connectivity index (χ4v) is 5.87. The van der Waals surface area contributed by atoms with Gasteiger partial charge in [0.1, 0.15) is 17.5 Å². The summed E-state index contributed by atoms with van der Waals surface area (Å²) < 4.78 is 29.2. The van der Waals surface area contributed by atoms with Crippen molar-refractivity contribution in [2.24, 2.45) is 0 Å². The standard InChI is InChI=1S/C16H21BrN2O4S/c1-23-15-3-2-12(10-14(15)17)16(20)19-7-5-18(6-8-19)13-4-9-24(21,22)11-13/h2-3,10,13H,4-9,11H2,1H3/p+1/t13-/m1/s1. The Kier molecular flexibility index (Phi) is 5.17. The highest BCUT2D eigenvalue weighted by molar-refractivity contribution is 9.10. The third-order valence-corrected chi connectivity index (χ3v) is 7.29. The summed E-state index contributed by atoms with van der Waals surface area (Å²) in [5.74, 6) is 1.31. The van der Waals surface area contributed by atoms with Gasteiger partial charge in [-0.15, -0.1) is 0 Å². The first-order valence-electron chi connectivity index (χ1n) is 8.07. The van der Waals surface area contributed by atoms with Crippen LogP contribution in [-0.2, 0) is 9.84 Å². The Bertz CT molecular complexity index is 730. The summed E-state index contributed by atoms with van der Waals surface area (Å²) in [7, 11) is -1.26. The Morgan fingerprint density at radius 1 is 1.33 bits per heavy atom. The number of nitrogens with zero attached hydrogens (tertiary/aromatic N) is 1. The first kappa shape index (κ1) is 17.7. The monoisotopic (exact) mass is 417 g/mol. The minimum absolute atomic E-state index is 0.0106.